The number of nitrogens with zero attached hydrogens (tertiary/aromatic N) is 3. The summed E-state index contributed by atoms with van der Waals surface area (Å²) in [7, 11) is -2.43. The quantitative estimate of drug-likeness (QED) is 0.459. The highest BCUT2D eigenvalue weighted by Gasteiger charge is 2.28. The van der Waals surface area contributed by atoms with Crippen LogP contribution < -0.4 is 10.5 Å². The molecule has 33 heavy (non-hydrogen) atoms. The van der Waals surface area contributed by atoms with Crippen molar-refractivity contribution in [2.75, 3.05) is 13.7 Å². The number of allylic oxidation sites excluding steroid dienone is 1. The van der Waals surface area contributed by atoms with Gasteiger partial charge in [0.15, 0.2) is 0 Å². The molecule has 3 aromatic rings. The van der Waals surface area contributed by atoms with E-state index in [9.17, 15) is 17.6 Å². The standard InChI is InChI=1S/C21H22FN5O4S.ClH/c1-31-21(28)14-10-18(20-19(11-14)27(26-24-20)12-15(22)7-8-23)13-3-2-4-17(9-13)32(29,30)25-16-5-6-16;/h2-4,7,9-11,16,25H,5-6,8,12,23H2,1H3;1H/b15-7-;. The van der Waals surface area contributed by atoms with Crippen LogP contribution in [-0.2, 0) is 21.3 Å². The first-order valence-electron chi connectivity index (χ1n) is 9.95. The lowest BCUT2D eigenvalue weighted by molar-refractivity contribution is 0.0601. The van der Waals surface area contributed by atoms with Crippen molar-refractivity contribution in [2.24, 2.45) is 5.73 Å². The predicted molar refractivity (Wildman–Crippen MR) is 123 cm³/mol. The van der Waals surface area contributed by atoms with Crippen LogP contribution in [0.25, 0.3) is 22.2 Å². The maximum absolute atomic E-state index is 14.1. The van der Waals surface area contributed by atoms with Gasteiger partial charge in [-0.05, 0) is 48.7 Å². The molecule has 1 heterocycles. The van der Waals surface area contributed by atoms with Gasteiger partial charge in [-0.15, -0.1) is 17.5 Å². The van der Waals surface area contributed by atoms with Crippen LogP contribution in [0, 0.1) is 0 Å². The number of esters is 1. The second-order valence-electron chi connectivity index (χ2n) is 7.44. The Morgan fingerprint density at radius 2 is 2.09 bits per heavy atom. The molecule has 1 aliphatic rings. The van der Waals surface area contributed by atoms with Crippen LogP contribution in [0.3, 0.4) is 0 Å². The number of benzene rings is 2. The number of methoxy groups -OCH3 is 1. The summed E-state index contributed by atoms with van der Waals surface area (Å²) in [5.41, 5.74) is 7.34. The molecule has 12 heteroatoms. The number of nitrogens with two attached hydrogens (primary N) is 1. The summed E-state index contributed by atoms with van der Waals surface area (Å²) >= 11 is 0. The Morgan fingerprint density at radius 1 is 1.33 bits per heavy atom. The first-order valence-corrected chi connectivity index (χ1v) is 11.4. The Labute approximate surface area is 196 Å². The molecule has 0 unspecified atom stereocenters. The van der Waals surface area contributed by atoms with E-state index < -0.39 is 21.8 Å². The Hall–Kier alpha value is -2.86. The van der Waals surface area contributed by atoms with Gasteiger partial charge in [-0.1, -0.05) is 17.3 Å². The average Bonchev–Trinajstić information content (AvgIpc) is 3.50. The van der Waals surface area contributed by atoms with Crippen LogP contribution in [0.5, 0.6) is 0 Å². The van der Waals surface area contributed by atoms with Gasteiger partial charge in [-0.2, -0.15) is 0 Å². The van der Waals surface area contributed by atoms with Gasteiger partial charge in [0.1, 0.15) is 11.3 Å². The molecule has 4 rings (SSSR count). The van der Waals surface area contributed by atoms with Crippen LogP contribution in [0.2, 0.25) is 0 Å². The van der Waals surface area contributed by atoms with E-state index in [1.165, 1.54) is 36.1 Å². The lowest BCUT2D eigenvalue weighted by atomic mass is 10.0. The number of halogens is 2. The first kappa shape index (κ1) is 24.8. The number of ether oxygens (including phenoxy) is 1. The number of fused-ring (bicyclic) bond motifs is 1. The van der Waals surface area contributed by atoms with Crippen molar-refractivity contribution in [3.8, 4) is 11.1 Å². The van der Waals surface area contributed by atoms with E-state index in [0.29, 0.717) is 22.2 Å². The zero-order chi connectivity index (χ0) is 22.9. The zero-order valence-corrected chi connectivity index (χ0v) is 19.3. The van der Waals surface area contributed by atoms with Gasteiger partial charge in [0.2, 0.25) is 10.0 Å². The number of hydrogen-bond donors (Lipinski definition) is 2. The number of sulfonamides is 1. The van der Waals surface area contributed by atoms with Crippen molar-refractivity contribution >= 4 is 39.4 Å². The summed E-state index contributed by atoms with van der Waals surface area (Å²) < 4.78 is 48.2. The molecular formula is C21H23ClFN5O4S. The monoisotopic (exact) mass is 495 g/mol. The van der Waals surface area contributed by atoms with Crippen molar-refractivity contribution in [1.82, 2.24) is 19.7 Å². The Morgan fingerprint density at radius 3 is 2.76 bits per heavy atom. The summed E-state index contributed by atoms with van der Waals surface area (Å²) in [5.74, 6) is -1.10. The van der Waals surface area contributed by atoms with Crippen LogP contribution in [0.4, 0.5) is 4.39 Å². The highest BCUT2D eigenvalue weighted by molar-refractivity contribution is 7.89. The van der Waals surface area contributed by atoms with Gasteiger partial charge in [-0.25, -0.2) is 27.0 Å². The lowest BCUT2D eigenvalue weighted by Gasteiger charge is -2.10. The van der Waals surface area contributed by atoms with E-state index in [0.717, 1.165) is 12.8 Å². The number of rotatable bonds is 8. The van der Waals surface area contributed by atoms with E-state index in [1.54, 1.807) is 18.2 Å². The molecule has 176 valence electrons. The fraction of sp³-hybridized carbons (Fsp3) is 0.286. The zero-order valence-electron chi connectivity index (χ0n) is 17.7. The average molecular weight is 496 g/mol. The highest BCUT2D eigenvalue weighted by Crippen LogP contribution is 2.31. The van der Waals surface area contributed by atoms with Gasteiger partial charge in [-0.3, -0.25) is 0 Å². The molecule has 0 amide bonds. The van der Waals surface area contributed by atoms with Gasteiger partial charge in [0.05, 0.1) is 29.6 Å². The second-order valence-corrected chi connectivity index (χ2v) is 9.15. The van der Waals surface area contributed by atoms with Crippen molar-refractivity contribution in [3.05, 3.63) is 53.9 Å². The van der Waals surface area contributed by atoms with E-state index in [4.69, 9.17) is 10.5 Å². The summed E-state index contributed by atoms with van der Waals surface area (Å²) in [6, 6.07) is 9.36. The van der Waals surface area contributed by atoms with Crippen LogP contribution in [-0.4, -0.2) is 49.1 Å². The van der Waals surface area contributed by atoms with E-state index in [2.05, 4.69) is 15.0 Å². The largest absolute Gasteiger partial charge is 0.465 e. The normalized spacial score (nSPS) is 14.2. The molecule has 1 aliphatic carbocycles. The van der Waals surface area contributed by atoms with Gasteiger partial charge in [0, 0.05) is 18.2 Å². The molecular weight excluding hydrogens is 473 g/mol. The van der Waals surface area contributed by atoms with Crippen molar-refractivity contribution in [1.29, 1.82) is 0 Å². The molecule has 0 radical (unpaired) electrons. The number of carbonyl (C=O) groups is 1. The minimum atomic E-state index is -3.68. The third kappa shape index (κ3) is 5.38. The molecule has 0 aliphatic heterocycles. The minimum absolute atomic E-state index is 0. The van der Waals surface area contributed by atoms with Gasteiger partial charge >= 0.3 is 5.97 Å². The molecule has 3 N–H and O–H groups in total. The predicted octanol–water partition coefficient (Wildman–Crippen LogP) is 2.56. The number of carbonyl (C=O) groups excluding carboxylic acids is 1. The highest BCUT2D eigenvalue weighted by atomic mass is 35.5. The maximum Gasteiger partial charge on any atom is 0.337 e. The van der Waals surface area contributed by atoms with Gasteiger partial charge in [0.25, 0.3) is 0 Å². The molecule has 2 aromatic carbocycles. The summed E-state index contributed by atoms with van der Waals surface area (Å²) in [5, 5.41) is 8.17. The van der Waals surface area contributed by atoms with Crippen LogP contribution in [0.1, 0.15) is 23.2 Å². The van der Waals surface area contributed by atoms with Crippen molar-refractivity contribution < 1.29 is 22.3 Å². The molecule has 0 saturated heterocycles. The molecule has 1 fully saturated rings. The third-order valence-electron chi connectivity index (χ3n) is 5.04. The first-order chi connectivity index (χ1) is 15.3. The summed E-state index contributed by atoms with van der Waals surface area (Å²) in [6.07, 6.45) is 2.86. The number of aromatic nitrogens is 3. The second kappa shape index (κ2) is 9.96. The van der Waals surface area contributed by atoms with Crippen LogP contribution in [0.15, 0.2) is 53.2 Å². The minimum Gasteiger partial charge on any atom is -0.465 e. The molecule has 0 atom stereocenters. The Bertz CT molecular complexity index is 1320. The summed E-state index contributed by atoms with van der Waals surface area (Å²) in [6.45, 7) is -0.176. The fourth-order valence-electron chi connectivity index (χ4n) is 3.30. The SMILES string of the molecule is COC(=O)c1cc(-c2cccc(S(=O)(=O)NC3CC3)c2)c2nnn(C/C(F)=C/CN)c2c1.Cl. The molecule has 0 bridgehead atoms. The Kier molecular flexibility index (Phi) is 7.48. The fourth-order valence-corrected chi connectivity index (χ4v) is 4.65. The molecule has 0 spiro atoms. The van der Waals surface area contributed by atoms with Crippen molar-refractivity contribution in [3.63, 3.8) is 0 Å². The third-order valence-corrected chi connectivity index (χ3v) is 6.55. The summed E-state index contributed by atoms with van der Waals surface area (Å²) in [4.78, 5) is 12.4. The van der Waals surface area contributed by atoms with Gasteiger partial charge < -0.3 is 10.5 Å². The topological polar surface area (TPSA) is 129 Å². The van der Waals surface area contributed by atoms with E-state index in [1.807, 2.05) is 0 Å². The lowest BCUT2D eigenvalue weighted by Crippen LogP contribution is -2.25. The molecule has 9 nitrogen and oxygen atoms in total. The molecule has 1 aromatic heterocycles. The molecule has 1 saturated carbocycles. The van der Waals surface area contributed by atoms with E-state index >= 15 is 0 Å². The Balaban J connectivity index is 0.00000306. The smallest absolute Gasteiger partial charge is 0.337 e. The van der Waals surface area contributed by atoms with E-state index in [-0.39, 0.29) is 42.0 Å². The number of nitrogens with one attached hydrogen (secondary N) is 1. The van der Waals surface area contributed by atoms with Crippen molar-refractivity contribution in [2.45, 2.75) is 30.3 Å². The number of hydrogen-bond acceptors (Lipinski definition) is 7. The maximum atomic E-state index is 14.1. The van der Waals surface area contributed by atoms with Crippen LogP contribution >= 0.6 is 12.4 Å².